The van der Waals surface area contributed by atoms with Gasteiger partial charge in [-0.15, -0.1) is 0 Å². The van der Waals surface area contributed by atoms with Crippen molar-refractivity contribution in [3.05, 3.63) is 76.9 Å². The molecule has 38 heavy (non-hydrogen) atoms. The van der Waals surface area contributed by atoms with Gasteiger partial charge in [0.25, 0.3) is 0 Å². The molecule has 0 bridgehead atoms. The number of amides is 1. The number of rotatable bonds is 8. The van der Waals surface area contributed by atoms with Crippen LogP contribution in [0.3, 0.4) is 0 Å². The normalized spacial score (nSPS) is 13.7. The van der Waals surface area contributed by atoms with E-state index in [9.17, 15) is 9.59 Å². The summed E-state index contributed by atoms with van der Waals surface area (Å²) in [6, 6.07) is 17.3. The number of carbonyl (C=O) groups is 2. The van der Waals surface area contributed by atoms with Gasteiger partial charge in [-0.2, -0.15) is 0 Å². The van der Waals surface area contributed by atoms with Gasteiger partial charge in [-0.3, -0.25) is 0 Å². The van der Waals surface area contributed by atoms with Gasteiger partial charge in [-0.05, 0) is 89.1 Å². The Balaban J connectivity index is 2.37. The number of ether oxygens (including phenoxy) is 3. The number of hydrogen-bond acceptors (Lipinski definition) is 5. The molecule has 2 aromatic rings. The fourth-order valence-corrected chi connectivity index (χ4v) is 4.18. The van der Waals surface area contributed by atoms with Crippen LogP contribution in [0.2, 0.25) is 0 Å². The average Bonchev–Trinajstić information content (AvgIpc) is 2.76. The molecule has 1 atom stereocenters. The highest BCUT2D eigenvalue weighted by Crippen LogP contribution is 2.34. The maximum Gasteiger partial charge on any atom is 0.408 e. The highest BCUT2D eigenvalue weighted by atomic mass is 16.6. The highest BCUT2D eigenvalue weighted by molar-refractivity contribution is 5.89. The van der Waals surface area contributed by atoms with E-state index in [2.05, 4.69) is 5.32 Å². The Hall–Kier alpha value is -3.28. The molecule has 0 heterocycles. The van der Waals surface area contributed by atoms with Crippen molar-refractivity contribution in [2.24, 2.45) is 5.41 Å². The monoisotopic (exact) mass is 523 g/mol. The van der Waals surface area contributed by atoms with Gasteiger partial charge in [0.15, 0.2) is 0 Å². The van der Waals surface area contributed by atoms with E-state index in [4.69, 9.17) is 14.2 Å². The molecule has 0 radical (unpaired) electrons. The number of esters is 1. The second-order valence-corrected chi connectivity index (χ2v) is 12.6. The number of carbonyl (C=O) groups excluding carboxylic acids is 2. The predicted molar refractivity (Wildman–Crippen MR) is 152 cm³/mol. The largest absolute Gasteiger partial charge is 0.489 e. The van der Waals surface area contributed by atoms with Crippen LogP contribution in [0.1, 0.15) is 80.4 Å². The zero-order valence-corrected chi connectivity index (χ0v) is 24.7. The molecule has 0 aromatic heterocycles. The van der Waals surface area contributed by atoms with Crippen molar-refractivity contribution < 1.29 is 23.8 Å². The third-order valence-electron chi connectivity index (χ3n) is 5.57. The fourth-order valence-electron chi connectivity index (χ4n) is 4.18. The lowest BCUT2D eigenvalue weighted by Crippen LogP contribution is -2.44. The molecule has 1 unspecified atom stereocenters. The van der Waals surface area contributed by atoms with Crippen LogP contribution in [-0.2, 0) is 27.3 Å². The van der Waals surface area contributed by atoms with Crippen LogP contribution >= 0.6 is 0 Å². The van der Waals surface area contributed by atoms with Gasteiger partial charge in [-0.1, -0.05) is 63.2 Å². The number of hydrogen-bond donors (Lipinski definition) is 1. The van der Waals surface area contributed by atoms with Crippen molar-refractivity contribution in [3.63, 3.8) is 0 Å². The lowest BCUT2D eigenvalue weighted by atomic mass is 9.77. The molecular formula is C32H45NO5. The first kappa shape index (κ1) is 30.9. The van der Waals surface area contributed by atoms with Crippen LogP contribution in [0.25, 0.3) is 0 Å². The molecule has 0 aliphatic rings. The molecule has 0 aliphatic carbocycles. The smallest absolute Gasteiger partial charge is 0.408 e. The summed E-state index contributed by atoms with van der Waals surface area (Å²) in [7, 11) is 0. The van der Waals surface area contributed by atoms with E-state index in [1.54, 1.807) is 6.92 Å². The van der Waals surface area contributed by atoms with Crippen molar-refractivity contribution in [3.8, 4) is 5.75 Å². The van der Waals surface area contributed by atoms with Crippen molar-refractivity contribution >= 4 is 12.1 Å². The Bertz CT molecular complexity index is 1100. The summed E-state index contributed by atoms with van der Waals surface area (Å²) in [5.74, 6) is 0.355. The minimum absolute atomic E-state index is 0.400. The van der Waals surface area contributed by atoms with Gasteiger partial charge in [0.05, 0.1) is 6.04 Å². The van der Waals surface area contributed by atoms with Crippen molar-refractivity contribution in [1.29, 1.82) is 0 Å². The summed E-state index contributed by atoms with van der Waals surface area (Å²) >= 11 is 0. The molecule has 2 aromatic carbocycles. The summed E-state index contributed by atoms with van der Waals surface area (Å²) in [6.07, 6.45) is -0.0747. The summed E-state index contributed by atoms with van der Waals surface area (Å²) in [6.45, 7) is 19.3. The van der Waals surface area contributed by atoms with Gasteiger partial charge in [0, 0.05) is 5.57 Å². The minimum atomic E-state index is -0.655. The number of nitrogens with one attached hydrogen (secondary N) is 1. The van der Waals surface area contributed by atoms with Crippen LogP contribution in [0.5, 0.6) is 5.75 Å². The van der Waals surface area contributed by atoms with Crippen LogP contribution in [0, 0.1) is 5.41 Å². The fraction of sp³-hybridized carbons (Fsp3) is 0.500. The summed E-state index contributed by atoms with van der Waals surface area (Å²) < 4.78 is 17.2. The Labute approximate surface area is 228 Å². The Morgan fingerprint density at radius 1 is 0.763 bits per heavy atom. The first-order valence-electron chi connectivity index (χ1n) is 13.1. The van der Waals surface area contributed by atoms with Gasteiger partial charge >= 0.3 is 12.1 Å². The van der Waals surface area contributed by atoms with E-state index in [0.29, 0.717) is 18.6 Å². The van der Waals surface area contributed by atoms with Crippen molar-refractivity contribution in [2.75, 3.05) is 0 Å². The lowest BCUT2D eigenvalue weighted by molar-refractivity contribution is -0.150. The molecule has 6 nitrogen and oxygen atoms in total. The van der Waals surface area contributed by atoms with E-state index in [1.807, 2.05) is 117 Å². The minimum Gasteiger partial charge on any atom is -0.489 e. The highest BCUT2D eigenvalue weighted by Gasteiger charge is 2.33. The summed E-state index contributed by atoms with van der Waals surface area (Å²) in [4.78, 5) is 26.0. The number of alkyl carbamates (subject to hydrolysis) is 1. The van der Waals surface area contributed by atoms with Gasteiger partial charge in [0.2, 0.25) is 0 Å². The molecule has 0 saturated heterocycles. The molecule has 6 heteroatoms. The maximum absolute atomic E-state index is 13.1. The van der Waals surface area contributed by atoms with E-state index >= 15 is 0 Å². The molecule has 0 fully saturated rings. The number of benzene rings is 2. The maximum atomic E-state index is 13.1. The molecule has 0 spiro atoms. The molecule has 1 N–H and O–H groups in total. The second kappa shape index (κ2) is 12.5. The van der Waals surface area contributed by atoms with Crippen molar-refractivity contribution in [2.45, 2.75) is 99.5 Å². The van der Waals surface area contributed by atoms with E-state index in [-0.39, 0.29) is 0 Å². The Kier molecular flexibility index (Phi) is 10.2. The first-order chi connectivity index (χ1) is 17.4. The average molecular weight is 524 g/mol. The summed E-state index contributed by atoms with van der Waals surface area (Å²) in [5.41, 5.74) is 1.63. The molecule has 208 valence electrons. The van der Waals surface area contributed by atoms with E-state index in [0.717, 1.165) is 22.4 Å². The molecule has 1 amide bonds. The standard InChI is InChI=1S/C32H45NO5/c1-22(28(34)37-31(5,6)7)27(30(2,3)4)26(33-29(35)38-32(8,9)10)20-23-16-18-25(19-17-23)36-21-24-14-12-11-13-15-24/h11-19,26H,20-21H2,1-10H3,(H,33,35)/b27-22+. The quantitative estimate of drug-likeness (QED) is 0.288. The van der Waals surface area contributed by atoms with Crippen LogP contribution in [0.4, 0.5) is 4.79 Å². The van der Waals surface area contributed by atoms with Gasteiger partial charge < -0.3 is 19.5 Å². The third-order valence-corrected chi connectivity index (χ3v) is 5.57. The molecule has 0 aliphatic heterocycles. The Morgan fingerprint density at radius 2 is 1.32 bits per heavy atom. The van der Waals surface area contributed by atoms with Crippen LogP contribution in [-0.4, -0.2) is 29.3 Å². The molecular weight excluding hydrogens is 478 g/mol. The topological polar surface area (TPSA) is 73.9 Å². The zero-order valence-electron chi connectivity index (χ0n) is 24.7. The molecule has 0 saturated carbocycles. The second-order valence-electron chi connectivity index (χ2n) is 12.6. The zero-order chi connectivity index (χ0) is 28.7. The van der Waals surface area contributed by atoms with Crippen LogP contribution in [0.15, 0.2) is 65.7 Å². The van der Waals surface area contributed by atoms with E-state index in [1.165, 1.54) is 0 Å². The van der Waals surface area contributed by atoms with Gasteiger partial charge in [-0.25, -0.2) is 9.59 Å². The lowest BCUT2D eigenvalue weighted by Gasteiger charge is -2.34. The SMILES string of the molecule is C/C(C(=O)OC(C)(C)C)=C(/C(Cc1ccc(OCc2ccccc2)cc1)NC(=O)OC(C)(C)C)C(C)(C)C. The third kappa shape index (κ3) is 10.6. The molecule has 2 rings (SSSR count). The Morgan fingerprint density at radius 3 is 1.82 bits per heavy atom. The summed E-state index contributed by atoms with van der Waals surface area (Å²) in [5, 5.41) is 3.03. The van der Waals surface area contributed by atoms with Crippen LogP contribution < -0.4 is 10.1 Å². The first-order valence-corrected chi connectivity index (χ1v) is 13.1. The predicted octanol–water partition coefficient (Wildman–Crippen LogP) is 7.41. The van der Waals surface area contributed by atoms with Gasteiger partial charge in [0.1, 0.15) is 23.6 Å². The van der Waals surface area contributed by atoms with Crippen molar-refractivity contribution in [1.82, 2.24) is 5.32 Å². The van der Waals surface area contributed by atoms with E-state index < -0.39 is 34.7 Å².